The second-order valence-electron chi connectivity index (χ2n) is 4.84. The number of hydrogen-bond acceptors (Lipinski definition) is 4. The first-order chi connectivity index (χ1) is 9.24. The van der Waals surface area contributed by atoms with Gasteiger partial charge in [-0.3, -0.25) is 0 Å². The van der Waals surface area contributed by atoms with Crippen molar-refractivity contribution in [2.24, 2.45) is 5.92 Å². The van der Waals surface area contributed by atoms with Gasteiger partial charge in [-0.25, -0.2) is 17.9 Å². The summed E-state index contributed by atoms with van der Waals surface area (Å²) in [5.74, 6) is -1.14. The first kappa shape index (κ1) is 17.2. The fourth-order valence-electron chi connectivity index (χ4n) is 1.60. The number of unbranched alkanes of at least 4 members (excludes halogenated alkanes) is 1. The highest BCUT2D eigenvalue weighted by atomic mass is 79.9. The highest BCUT2D eigenvalue weighted by Gasteiger charge is 2.24. The smallest absolute Gasteiger partial charge is 0.371 e. The van der Waals surface area contributed by atoms with Crippen LogP contribution < -0.4 is 4.72 Å². The summed E-state index contributed by atoms with van der Waals surface area (Å²) in [6, 6.07) is 0.989. The average molecular weight is 368 g/mol. The molecule has 0 bridgehead atoms. The standard InChI is InChI=1S/C12H18BrNO5S/c1-8(2)5-3-4-6-14-20(17,18)10-7-9(12(15)16)19-11(10)13/h7-8,14H,3-6H2,1-2H3,(H,15,16). The maximum Gasteiger partial charge on any atom is 0.371 e. The van der Waals surface area contributed by atoms with E-state index in [2.05, 4.69) is 34.5 Å². The number of sulfonamides is 1. The Bertz CT molecular complexity index is 564. The zero-order valence-electron chi connectivity index (χ0n) is 11.3. The van der Waals surface area contributed by atoms with E-state index in [9.17, 15) is 13.2 Å². The molecule has 0 radical (unpaired) electrons. The molecule has 0 saturated heterocycles. The minimum absolute atomic E-state index is 0.107. The zero-order chi connectivity index (χ0) is 15.3. The topological polar surface area (TPSA) is 96.6 Å². The molecule has 0 unspecified atom stereocenters. The molecule has 1 aromatic heterocycles. The van der Waals surface area contributed by atoms with Crippen molar-refractivity contribution in [1.29, 1.82) is 0 Å². The first-order valence-electron chi connectivity index (χ1n) is 6.26. The molecule has 8 heteroatoms. The molecule has 114 valence electrons. The lowest BCUT2D eigenvalue weighted by atomic mass is 10.1. The fourth-order valence-corrected chi connectivity index (χ4v) is 3.61. The largest absolute Gasteiger partial charge is 0.475 e. The SMILES string of the molecule is CC(C)CCCCNS(=O)(=O)c1cc(C(=O)O)oc1Br. The van der Waals surface area contributed by atoms with Crippen LogP contribution in [-0.4, -0.2) is 26.0 Å². The fraction of sp³-hybridized carbons (Fsp3) is 0.583. The maximum atomic E-state index is 12.0. The Labute approximate surface area is 126 Å². The molecule has 20 heavy (non-hydrogen) atoms. The van der Waals surface area contributed by atoms with Gasteiger partial charge in [0.2, 0.25) is 15.8 Å². The van der Waals surface area contributed by atoms with Gasteiger partial charge < -0.3 is 9.52 Å². The Morgan fingerprint density at radius 3 is 2.60 bits per heavy atom. The Morgan fingerprint density at radius 2 is 2.10 bits per heavy atom. The predicted octanol–water partition coefficient (Wildman–Crippen LogP) is 2.84. The maximum absolute atomic E-state index is 12.0. The van der Waals surface area contributed by atoms with Crippen LogP contribution in [0, 0.1) is 5.92 Å². The van der Waals surface area contributed by atoms with Crippen LogP contribution in [0.25, 0.3) is 0 Å². The number of carbonyl (C=O) groups is 1. The van der Waals surface area contributed by atoms with Gasteiger partial charge in [-0.2, -0.15) is 0 Å². The summed E-state index contributed by atoms with van der Waals surface area (Å²) in [5, 5.41) is 8.76. The number of nitrogens with one attached hydrogen (secondary N) is 1. The van der Waals surface area contributed by atoms with Gasteiger partial charge in [0.15, 0.2) is 4.67 Å². The van der Waals surface area contributed by atoms with Crippen molar-refractivity contribution in [2.45, 2.75) is 38.0 Å². The Kier molecular flexibility index (Phi) is 6.22. The summed E-state index contributed by atoms with van der Waals surface area (Å²) in [6.45, 7) is 4.54. The molecule has 0 saturated carbocycles. The minimum atomic E-state index is -3.76. The summed E-state index contributed by atoms with van der Waals surface area (Å²) in [5.41, 5.74) is 0. The number of halogens is 1. The molecule has 0 amide bonds. The van der Waals surface area contributed by atoms with E-state index in [4.69, 9.17) is 9.52 Å². The van der Waals surface area contributed by atoms with Crippen LogP contribution in [0.3, 0.4) is 0 Å². The Balaban J connectivity index is 2.63. The van der Waals surface area contributed by atoms with E-state index >= 15 is 0 Å². The van der Waals surface area contributed by atoms with E-state index in [0.717, 1.165) is 25.3 Å². The van der Waals surface area contributed by atoms with Crippen LogP contribution >= 0.6 is 15.9 Å². The lowest BCUT2D eigenvalue weighted by Gasteiger charge is -2.06. The molecule has 0 aliphatic carbocycles. The van der Waals surface area contributed by atoms with E-state index in [0.29, 0.717) is 12.5 Å². The van der Waals surface area contributed by atoms with Crippen molar-refractivity contribution in [3.63, 3.8) is 0 Å². The summed E-state index contributed by atoms with van der Waals surface area (Å²) < 4.78 is 31.1. The van der Waals surface area contributed by atoms with Gasteiger partial charge in [-0.1, -0.05) is 26.7 Å². The Morgan fingerprint density at radius 1 is 1.45 bits per heavy atom. The van der Waals surface area contributed by atoms with Crippen LogP contribution in [0.2, 0.25) is 0 Å². The zero-order valence-corrected chi connectivity index (χ0v) is 13.8. The third-order valence-corrected chi connectivity index (χ3v) is 4.97. The van der Waals surface area contributed by atoms with Crippen LogP contribution in [-0.2, 0) is 10.0 Å². The van der Waals surface area contributed by atoms with Gasteiger partial charge in [-0.05, 0) is 28.3 Å². The van der Waals surface area contributed by atoms with Crippen LogP contribution in [0.15, 0.2) is 20.0 Å². The van der Waals surface area contributed by atoms with Gasteiger partial charge in [0, 0.05) is 12.6 Å². The molecular formula is C12H18BrNO5S. The molecule has 1 rings (SSSR count). The van der Waals surface area contributed by atoms with Gasteiger partial charge in [-0.15, -0.1) is 0 Å². The third kappa shape index (κ3) is 4.92. The molecule has 0 aromatic carbocycles. The number of aromatic carboxylic acids is 1. The van der Waals surface area contributed by atoms with Crippen molar-refractivity contribution < 1.29 is 22.7 Å². The number of rotatable bonds is 8. The second kappa shape index (κ2) is 7.24. The molecule has 0 aliphatic rings. The van der Waals surface area contributed by atoms with Crippen LogP contribution in [0.5, 0.6) is 0 Å². The number of hydrogen-bond donors (Lipinski definition) is 2. The predicted molar refractivity (Wildman–Crippen MR) is 77.2 cm³/mol. The van der Waals surface area contributed by atoms with Gasteiger partial charge in [0.05, 0.1) is 0 Å². The number of carboxylic acid groups (broad SMARTS) is 1. The molecule has 0 atom stereocenters. The van der Waals surface area contributed by atoms with Gasteiger partial charge in [0.25, 0.3) is 0 Å². The first-order valence-corrected chi connectivity index (χ1v) is 8.54. The van der Waals surface area contributed by atoms with Crippen LogP contribution in [0.1, 0.15) is 43.7 Å². The molecule has 6 nitrogen and oxygen atoms in total. The minimum Gasteiger partial charge on any atom is -0.475 e. The van der Waals surface area contributed by atoms with Crippen molar-refractivity contribution in [3.8, 4) is 0 Å². The van der Waals surface area contributed by atoms with Crippen molar-refractivity contribution in [1.82, 2.24) is 4.72 Å². The van der Waals surface area contributed by atoms with Crippen molar-refractivity contribution in [2.75, 3.05) is 6.54 Å². The molecule has 1 heterocycles. The van der Waals surface area contributed by atoms with E-state index in [1.54, 1.807) is 0 Å². The normalized spacial score (nSPS) is 12.0. The summed E-state index contributed by atoms with van der Waals surface area (Å²) in [6.07, 6.45) is 2.71. The second-order valence-corrected chi connectivity index (χ2v) is 7.30. The van der Waals surface area contributed by atoms with E-state index < -0.39 is 21.8 Å². The van der Waals surface area contributed by atoms with Crippen LogP contribution in [0.4, 0.5) is 0 Å². The van der Waals surface area contributed by atoms with E-state index in [1.165, 1.54) is 0 Å². The monoisotopic (exact) mass is 367 g/mol. The highest BCUT2D eigenvalue weighted by Crippen LogP contribution is 2.26. The number of carboxylic acids is 1. The summed E-state index contributed by atoms with van der Waals surface area (Å²) in [4.78, 5) is 10.5. The molecule has 0 fully saturated rings. The lowest BCUT2D eigenvalue weighted by Crippen LogP contribution is -2.24. The van der Waals surface area contributed by atoms with Crippen molar-refractivity contribution >= 4 is 31.9 Å². The molecule has 0 spiro atoms. The lowest BCUT2D eigenvalue weighted by molar-refractivity contribution is 0.0661. The number of furan rings is 1. The van der Waals surface area contributed by atoms with Gasteiger partial charge in [0.1, 0.15) is 4.90 Å². The Hall–Kier alpha value is -0.860. The molecule has 2 N–H and O–H groups in total. The molecule has 1 aromatic rings. The van der Waals surface area contributed by atoms with Gasteiger partial charge >= 0.3 is 5.97 Å². The van der Waals surface area contributed by atoms with E-state index in [1.807, 2.05) is 0 Å². The summed E-state index contributed by atoms with van der Waals surface area (Å²) >= 11 is 2.91. The van der Waals surface area contributed by atoms with Crippen molar-refractivity contribution in [3.05, 3.63) is 16.5 Å². The molecular weight excluding hydrogens is 350 g/mol. The highest BCUT2D eigenvalue weighted by molar-refractivity contribution is 9.10. The summed E-state index contributed by atoms with van der Waals surface area (Å²) in [7, 11) is -3.76. The quantitative estimate of drug-likeness (QED) is 0.688. The van der Waals surface area contributed by atoms with E-state index in [-0.39, 0.29) is 9.56 Å². The third-order valence-electron chi connectivity index (χ3n) is 2.66. The average Bonchev–Trinajstić information content (AvgIpc) is 2.71. The molecule has 0 aliphatic heterocycles.